The van der Waals surface area contributed by atoms with Crippen LogP contribution in [-0.2, 0) is 11.3 Å². The van der Waals surface area contributed by atoms with E-state index in [2.05, 4.69) is 15.3 Å². The zero-order chi connectivity index (χ0) is 19.9. The van der Waals surface area contributed by atoms with Crippen molar-refractivity contribution in [2.45, 2.75) is 6.54 Å². The molecule has 0 fully saturated rings. The van der Waals surface area contributed by atoms with Crippen LogP contribution in [0.1, 0.15) is 16.8 Å². The molecule has 2 heterocycles. The van der Waals surface area contributed by atoms with Gasteiger partial charge in [-0.3, -0.25) is 9.78 Å². The van der Waals surface area contributed by atoms with E-state index in [1.165, 1.54) is 0 Å². The minimum atomic E-state index is -0.129. The highest BCUT2D eigenvalue weighted by atomic mass is 32.1. The van der Waals surface area contributed by atoms with Crippen molar-refractivity contribution < 1.29 is 4.79 Å². The van der Waals surface area contributed by atoms with Gasteiger partial charge in [-0.1, -0.05) is 60.7 Å². The molecule has 0 aliphatic rings. The highest BCUT2D eigenvalue weighted by molar-refractivity contribution is 7.13. The second-order valence-corrected chi connectivity index (χ2v) is 7.26. The van der Waals surface area contributed by atoms with Crippen molar-refractivity contribution in [3.8, 4) is 10.6 Å². The Hall–Kier alpha value is -3.57. The summed E-state index contributed by atoms with van der Waals surface area (Å²) in [6, 6.07) is 23.4. The molecule has 5 heteroatoms. The first-order chi connectivity index (χ1) is 14.3. The smallest absolute Gasteiger partial charge is 0.252 e. The van der Waals surface area contributed by atoms with E-state index in [0.717, 1.165) is 27.4 Å². The topological polar surface area (TPSA) is 54.9 Å². The average molecular weight is 398 g/mol. The molecule has 0 saturated carbocycles. The van der Waals surface area contributed by atoms with E-state index in [-0.39, 0.29) is 5.91 Å². The highest BCUT2D eigenvalue weighted by Crippen LogP contribution is 2.23. The summed E-state index contributed by atoms with van der Waals surface area (Å²) < 4.78 is 0. The zero-order valence-electron chi connectivity index (χ0n) is 15.7. The van der Waals surface area contributed by atoms with Crippen LogP contribution < -0.4 is 5.32 Å². The predicted molar refractivity (Wildman–Crippen MR) is 118 cm³/mol. The maximum absolute atomic E-state index is 13.0. The largest absolute Gasteiger partial charge is 0.346 e. The summed E-state index contributed by atoms with van der Waals surface area (Å²) in [6.45, 7) is 0.370. The first-order valence-corrected chi connectivity index (χ1v) is 10.1. The van der Waals surface area contributed by atoms with Crippen molar-refractivity contribution in [2.75, 3.05) is 0 Å². The number of aromatic nitrogens is 2. The molecular weight excluding hydrogens is 378 g/mol. The molecule has 0 atom stereocenters. The van der Waals surface area contributed by atoms with Crippen LogP contribution in [0.2, 0.25) is 0 Å². The molecule has 4 aromatic rings. The lowest BCUT2D eigenvalue weighted by atomic mass is 10.0. The van der Waals surface area contributed by atoms with Crippen LogP contribution >= 0.6 is 11.3 Å². The molecular formula is C24H19N3OS. The first-order valence-electron chi connectivity index (χ1n) is 9.25. The van der Waals surface area contributed by atoms with Crippen LogP contribution in [-0.4, -0.2) is 15.9 Å². The van der Waals surface area contributed by atoms with Gasteiger partial charge >= 0.3 is 0 Å². The number of hydrogen-bond donors (Lipinski definition) is 1. The van der Waals surface area contributed by atoms with Gasteiger partial charge in [0.2, 0.25) is 0 Å². The van der Waals surface area contributed by atoms with E-state index in [1.807, 2.05) is 84.3 Å². The van der Waals surface area contributed by atoms with Crippen molar-refractivity contribution in [1.82, 2.24) is 15.3 Å². The lowest BCUT2D eigenvalue weighted by Crippen LogP contribution is -2.24. The molecule has 0 unspecified atom stereocenters. The van der Waals surface area contributed by atoms with Gasteiger partial charge in [-0.15, -0.1) is 11.3 Å². The van der Waals surface area contributed by atoms with Crippen molar-refractivity contribution in [3.63, 3.8) is 0 Å². The van der Waals surface area contributed by atoms with Crippen molar-refractivity contribution in [1.29, 1.82) is 0 Å². The fraction of sp³-hybridized carbons (Fsp3) is 0.0417. The minimum absolute atomic E-state index is 0.129. The zero-order valence-corrected chi connectivity index (χ0v) is 16.5. The molecule has 0 aliphatic heterocycles. The quantitative estimate of drug-likeness (QED) is 0.365. The van der Waals surface area contributed by atoms with Crippen LogP contribution in [0.5, 0.6) is 0 Å². The highest BCUT2D eigenvalue weighted by Gasteiger charge is 2.13. The second kappa shape index (κ2) is 9.08. The number of amides is 1. The van der Waals surface area contributed by atoms with Gasteiger partial charge in [-0.05, 0) is 29.3 Å². The fourth-order valence-corrected chi connectivity index (χ4v) is 3.70. The monoisotopic (exact) mass is 397 g/mol. The third kappa shape index (κ3) is 4.83. The Morgan fingerprint density at radius 2 is 1.72 bits per heavy atom. The predicted octanol–water partition coefficient (Wildman–Crippen LogP) is 5.06. The van der Waals surface area contributed by atoms with E-state index in [4.69, 9.17) is 0 Å². The molecule has 0 radical (unpaired) electrons. The molecule has 1 N–H and O–H groups in total. The number of hydrogen-bond acceptors (Lipinski definition) is 4. The molecule has 0 spiro atoms. The van der Waals surface area contributed by atoms with Gasteiger partial charge in [0.25, 0.3) is 5.91 Å². The number of benzene rings is 2. The third-order valence-corrected chi connectivity index (χ3v) is 5.27. The summed E-state index contributed by atoms with van der Waals surface area (Å²) in [5, 5.41) is 5.86. The van der Waals surface area contributed by atoms with Crippen LogP contribution in [0.4, 0.5) is 0 Å². The fourth-order valence-electron chi connectivity index (χ4n) is 2.89. The molecule has 29 heavy (non-hydrogen) atoms. The van der Waals surface area contributed by atoms with E-state index in [9.17, 15) is 4.79 Å². The number of thiazole rings is 1. The Morgan fingerprint density at radius 3 is 2.45 bits per heavy atom. The third-order valence-electron chi connectivity index (χ3n) is 4.33. The van der Waals surface area contributed by atoms with E-state index in [0.29, 0.717) is 12.1 Å². The van der Waals surface area contributed by atoms with Gasteiger partial charge in [0, 0.05) is 28.9 Å². The van der Waals surface area contributed by atoms with Gasteiger partial charge in [0.1, 0.15) is 5.01 Å². The summed E-state index contributed by atoms with van der Waals surface area (Å²) in [4.78, 5) is 21.7. The van der Waals surface area contributed by atoms with Crippen LogP contribution in [0.3, 0.4) is 0 Å². The standard InChI is InChI=1S/C24H19N3OS/c28-23(26-16-21-17-29-24(27-21)20-12-7-13-25-15-20)22(19-10-5-2-6-11-19)14-18-8-3-1-4-9-18/h1-15,17H,16H2,(H,26,28)/b22-14-. The lowest BCUT2D eigenvalue weighted by Gasteiger charge is -2.09. The first kappa shape index (κ1) is 18.8. The molecule has 0 bridgehead atoms. The molecule has 2 aromatic heterocycles. The molecule has 2 aromatic carbocycles. The second-order valence-electron chi connectivity index (χ2n) is 6.40. The number of carbonyl (C=O) groups is 1. The molecule has 0 aliphatic carbocycles. The summed E-state index contributed by atoms with van der Waals surface area (Å²) in [6.07, 6.45) is 5.44. The molecule has 4 nitrogen and oxygen atoms in total. The number of rotatable bonds is 6. The van der Waals surface area contributed by atoms with Gasteiger partial charge < -0.3 is 5.32 Å². The van der Waals surface area contributed by atoms with E-state index in [1.54, 1.807) is 23.7 Å². The summed E-state index contributed by atoms with van der Waals surface area (Å²) >= 11 is 1.54. The Bertz CT molecular complexity index is 1110. The van der Waals surface area contributed by atoms with Gasteiger partial charge in [-0.2, -0.15) is 0 Å². The Balaban J connectivity index is 1.52. The van der Waals surface area contributed by atoms with E-state index < -0.39 is 0 Å². The normalized spacial score (nSPS) is 11.2. The maximum Gasteiger partial charge on any atom is 0.252 e. The Labute approximate surface area is 173 Å². The average Bonchev–Trinajstić information content (AvgIpc) is 3.27. The molecule has 142 valence electrons. The minimum Gasteiger partial charge on any atom is -0.346 e. The Kier molecular flexibility index (Phi) is 5.88. The van der Waals surface area contributed by atoms with Gasteiger partial charge in [-0.25, -0.2) is 4.98 Å². The summed E-state index contributed by atoms with van der Waals surface area (Å²) in [5.74, 6) is -0.129. The van der Waals surface area contributed by atoms with E-state index >= 15 is 0 Å². The van der Waals surface area contributed by atoms with Crippen LogP contribution in [0.25, 0.3) is 22.2 Å². The lowest BCUT2D eigenvalue weighted by molar-refractivity contribution is -0.115. The van der Waals surface area contributed by atoms with Gasteiger partial charge in [0.15, 0.2) is 0 Å². The van der Waals surface area contributed by atoms with Gasteiger partial charge in [0.05, 0.1) is 12.2 Å². The maximum atomic E-state index is 13.0. The molecule has 1 amide bonds. The molecule has 4 rings (SSSR count). The number of nitrogens with zero attached hydrogens (tertiary/aromatic N) is 2. The van der Waals surface area contributed by atoms with Crippen LogP contribution in [0.15, 0.2) is 90.6 Å². The summed E-state index contributed by atoms with van der Waals surface area (Å²) in [7, 11) is 0. The summed E-state index contributed by atoms with van der Waals surface area (Å²) in [5.41, 5.74) is 4.29. The van der Waals surface area contributed by atoms with Crippen LogP contribution in [0, 0.1) is 0 Å². The Morgan fingerprint density at radius 1 is 0.966 bits per heavy atom. The SMILES string of the molecule is O=C(NCc1csc(-c2cccnc2)n1)/C(=C\c1ccccc1)c1ccccc1. The van der Waals surface area contributed by atoms with Crippen molar-refractivity contribution in [2.24, 2.45) is 0 Å². The van der Waals surface area contributed by atoms with Crippen molar-refractivity contribution in [3.05, 3.63) is 107 Å². The van der Waals surface area contributed by atoms with Crippen molar-refractivity contribution >= 4 is 28.9 Å². The molecule has 0 saturated heterocycles. The number of carbonyl (C=O) groups excluding carboxylic acids is 1. The number of nitrogens with one attached hydrogen (secondary N) is 1. The number of pyridine rings is 1.